The topological polar surface area (TPSA) is 61.4 Å². The first-order valence-electron chi connectivity index (χ1n) is 10.6. The molecule has 2 atom stereocenters. The first-order chi connectivity index (χ1) is 13.2. The van der Waals surface area contributed by atoms with Crippen molar-refractivity contribution < 1.29 is 9.59 Å². The van der Waals surface area contributed by atoms with E-state index in [1.165, 1.54) is 19.3 Å². The Bertz CT molecular complexity index is 613. The Kier molecular flexibility index (Phi) is 7.13. The van der Waals surface area contributed by atoms with E-state index in [9.17, 15) is 9.59 Å². The summed E-state index contributed by atoms with van der Waals surface area (Å²) in [6.07, 6.45) is 8.39. The third-order valence-corrected chi connectivity index (χ3v) is 6.14. The molecule has 1 saturated carbocycles. The van der Waals surface area contributed by atoms with Crippen LogP contribution in [0.1, 0.15) is 58.3 Å². The predicted octanol–water partition coefficient (Wildman–Crippen LogP) is 4.41. The second-order valence-electron chi connectivity index (χ2n) is 8.07. The molecule has 0 bridgehead atoms. The summed E-state index contributed by atoms with van der Waals surface area (Å²) in [6.45, 7) is 3.67. The molecule has 27 heavy (non-hydrogen) atoms. The highest BCUT2D eigenvalue weighted by Crippen LogP contribution is 2.29. The number of hydrogen-bond acceptors (Lipinski definition) is 2. The molecule has 3 rings (SSSR count). The van der Waals surface area contributed by atoms with Crippen molar-refractivity contribution in [1.82, 2.24) is 10.2 Å². The van der Waals surface area contributed by atoms with E-state index in [-0.39, 0.29) is 11.9 Å². The van der Waals surface area contributed by atoms with Crippen molar-refractivity contribution in [3.63, 3.8) is 0 Å². The maximum absolute atomic E-state index is 12.6. The first-order valence-corrected chi connectivity index (χ1v) is 10.6. The molecular formula is C22H33N3O2. The number of nitrogens with zero attached hydrogens (tertiary/aromatic N) is 1. The lowest BCUT2D eigenvalue weighted by Crippen LogP contribution is -2.51. The number of anilines is 1. The summed E-state index contributed by atoms with van der Waals surface area (Å²) in [5, 5.41) is 6.22. The van der Waals surface area contributed by atoms with Crippen molar-refractivity contribution in [2.24, 2.45) is 11.8 Å². The van der Waals surface area contributed by atoms with Crippen LogP contribution >= 0.6 is 0 Å². The monoisotopic (exact) mass is 371 g/mol. The fraction of sp³-hybridized carbons (Fsp3) is 0.636. The van der Waals surface area contributed by atoms with Gasteiger partial charge in [-0.05, 0) is 43.2 Å². The summed E-state index contributed by atoms with van der Waals surface area (Å²) in [5.41, 5.74) is 0.847. The first kappa shape index (κ1) is 19.7. The van der Waals surface area contributed by atoms with Crippen molar-refractivity contribution in [1.29, 1.82) is 0 Å². The van der Waals surface area contributed by atoms with Gasteiger partial charge in [0.15, 0.2) is 0 Å². The van der Waals surface area contributed by atoms with Gasteiger partial charge in [-0.25, -0.2) is 4.79 Å². The van der Waals surface area contributed by atoms with Crippen LogP contribution < -0.4 is 10.6 Å². The van der Waals surface area contributed by atoms with E-state index in [2.05, 4.69) is 17.6 Å². The Hall–Kier alpha value is -2.04. The quantitative estimate of drug-likeness (QED) is 0.805. The smallest absolute Gasteiger partial charge is 0.317 e. The highest BCUT2D eigenvalue weighted by Gasteiger charge is 2.32. The average molecular weight is 372 g/mol. The fourth-order valence-electron chi connectivity index (χ4n) is 4.48. The zero-order valence-corrected chi connectivity index (χ0v) is 16.5. The Morgan fingerprint density at radius 1 is 1.04 bits per heavy atom. The van der Waals surface area contributed by atoms with Gasteiger partial charge in [0, 0.05) is 31.2 Å². The van der Waals surface area contributed by atoms with Crippen LogP contribution in [0.15, 0.2) is 30.3 Å². The van der Waals surface area contributed by atoms with Gasteiger partial charge >= 0.3 is 6.03 Å². The summed E-state index contributed by atoms with van der Waals surface area (Å²) in [4.78, 5) is 27.0. The minimum atomic E-state index is 0.0738. The van der Waals surface area contributed by atoms with E-state index in [1.54, 1.807) is 0 Å². The highest BCUT2D eigenvalue weighted by atomic mass is 16.2. The van der Waals surface area contributed by atoms with Gasteiger partial charge in [-0.15, -0.1) is 0 Å². The van der Waals surface area contributed by atoms with Gasteiger partial charge in [0.2, 0.25) is 5.91 Å². The number of urea groups is 1. The normalized spacial score (nSPS) is 23.7. The van der Waals surface area contributed by atoms with Crippen molar-refractivity contribution in [3.8, 4) is 0 Å². The molecule has 0 aromatic heterocycles. The molecule has 2 N–H and O–H groups in total. The summed E-state index contributed by atoms with van der Waals surface area (Å²) in [6, 6.07) is 10.0. The van der Waals surface area contributed by atoms with E-state index in [0.717, 1.165) is 44.5 Å². The van der Waals surface area contributed by atoms with E-state index >= 15 is 0 Å². The van der Waals surface area contributed by atoms with Crippen LogP contribution in [0.25, 0.3) is 0 Å². The van der Waals surface area contributed by atoms with Gasteiger partial charge in [-0.2, -0.15) is 0 Å². The summed E-state index contributed by atoms with van der Waals surface area (Å²) in [7, 11) is 0. The Labute approximate surface area is 162 Å². The summed E-state index contributed by atoms with van der Waals surface area (Å²) < 4.78 is 0. The van der Waals surface area contributed by atoms with E-state index < -0.39 is 0 Å². The standard InChI is InChI=1S/C22H33N3O2/c1-2-17-16-25(22(27)24-20-11-7-4-8-12-20)14-13-18(17)15-21(26)23-19-9-5-3-6-10-19/h3,5-6,9-10,17-18,20H,2,4,7-8,11-16H2,1H3,(H,23,26)(H,24,27). The van der Waals surface area contributed by atoms with Crippen molar-refractivity contribution in [3.05, 3.63) is 30.3 Å². The molecule has 1 aliphatic carbocycles. The number of carbonyl (C=O) groups excluding carboxylic acids is 2. The van der Waals surface area contributed by atoms with E-state index in [1.807, 2.05) is 35.2 Å². The summed E-state index contributed by atoms with van der Waals surface area (Å²) >= 11 is 0. The average Bonchev–Trinajstić information content (AvgIpc) is 2.69. The van der Waals surface area contributed by atoms with Gasteiger partial charge in [-0.3, -0.25) is 4.79 Å². The number of amides is 3. The van der Waals surface area contributed by atoms with Crippen LogP contribution in [0, 0.1) is 11.8 Å². The molecule has 0 spiro atoms. The number of para-hydroxylation sites is 1. The van der Waals surface area contributed by atoms with Crippen LogP contribution in [-0.2, 0) is 4.79 Å². The van der Waals surface area contributed by atoms with Gasteiger partial charge in [-0.1, -0.05) is 50.8 Å². The maximum Gasteiger partial charge on any atom is 0.317 e. The number of likely N-dealkylation sites (tertiary alicyclic amines) is 1. The van der Waals surface area contributed by atoms with E-state index in [4.69, 9.17) is 0 Å². The van der Waals surface area contributed by atoms with Gasteiger partial charge < -0.3 is 15.5 Å². The Morgan fingerprint density at radius 3 is 2.48 bits per heavy atom. The zero-order chi connectivity index (χ0) is 19.1. The molecule has 1 aliphatic heterocycles. The molecule has 1 aromatic rings. The van der Waals surface area contributed by atoms with Crippen LogP contribution in [0.5, 0.6) is 0 Å². The lowest BCUT2D eigenvalue weighted by atomic mass is 9.81. The van der Waals surface area contributed by atoms with Crippen LogP contribution in [0.4, 0.5) is 10.5 Å². The third kappa shape index (κ3) is 5.72. The third-order valence-electron chi connectivity index (χ3n) is 6.14. The van der Waals surface area contributed by atoms with Crippen molar-refractivity contribution >= 4 is 17.6 Å². The molecule has 1 saturated heterocycles. The maximum atomic E-state index is 12.6. The van der Waals surface area contributed by atoms with Crippen molar-refractivity contribution in [2.75, 3.05) is 18.4 Å². The van der Waals surface area contributed by atoms with Crippen molar-refractivity contribution in [2.45, 2.75) is 64.3 Å². The second-order valence-corrected chi connectivity index (χ2v) is 8.07. The molecular weight excluding hydrogens is 338 g/mol. The molecule has 0 radical (unpaired) electrons. The predicted molar refractivity (Wildman–Crippen MR) is 109 cm³/mol. The number of hydrogen-bond donors (Lipinski definition) is 2. The molecule has 5 heteroatoms. The van der Waals surface area contributed by atoms with Gasteiger partial charge in [0.05, 0.1) is 0 Å². The number of benzene rings is 1. The van der Waals surface area contributed by atoms with Crippen LogP contribution in [0.2, 0.25) is 0 Å². The lowest BCUT2D eigenvalue weighted by Gasteiger charge is -2.39. The fourth-order valence-corrected chi connectivity index (χ4v) is 4.48. The van der Waals surface area contributed by atoms with Gasteiger partial charge in [0.25, 0.3) is 0 Å². The summed E-state index contributed by atoms with van der Waals surface area (Å²) in [5.74, 6) is 0.805. The number of nitrogens with one attached hydrogen (secondary N) is 2. The van der Waals surface area contributed by atoms with Crippen LogP contribution in [-0.4, -0.2) is 36.0 Å². The highest BCUT2D eigenvalue weighted by molar-refractivity contribution is 5.90. The van der Waals surface area contributed by atoms with E-state index in [0.29, 0.717) is 24.3 Å². The number of piperidine rings is 1. The molecule has 2 unspecified atom stereocenters. The Morgan fingerprint density at radius 2 is 1.78 bits per heavy atom. The molecule has 5 nitrogen and oxygen atoms in total. The molecule has 1 heterocycles. The molecule has 1 aromatic carbocycles. The lowest BCUT2D eigenvalue weighted by molar-refractivity contribution is -0.117. The SMILES string of the molecule is CCC1CN(C(=O)NC2CCCCC2)CCC1CC(=O)Nc1ccccc1. The minimum Gasteiger partial charge on any atom is -0.335 e. The minimum absolute atomic E-state index is 0.0738. The molecule has 2 aliphatic rings. The molecule has 2 fully saturated rings. The van der Waals surface area contributed by atoms with Gasteiger partial charge in [0.1, 0.15) is 0 Å². The second kappa shape index (κ2) is 9.77. The largest absolute Gasteiger partial charge is 0.335 e. The number of carbonyl (C=O) groups is 2. The zero-order valence-electron chi connectivity index (χ0n) is 16.5. The Balaban J connectivity index is 1.48. The van der Waals surface area contributed by atoms with Crippen LogP contribution in [0.3, 0.4) is 0 Å². The molecule has 3 amide bonds. The number of rotatable bonds is 5. The molecule has 148 valence electrons.